The lowest BCUT2D eigenvalue weighted by molar-refractivity contribution is -0.388. The van der Waals surface area contributed by atoms with Crippen LogP contribution < -0.4 is 0 Å². The van der Waals surface area contributed by atoms with Crippen LogP contribution >= 0.6 is 11.8 Å². The van der Waals surface area contributed by atoms with Crippen LogP contribution in [0.3, 0.4) is 0 Å². The molecular formula is C13H15N3O3S. The van der Waals surface area contributed by atoms with Gasteiger partial charge >= 0.3 is 5.69 Å². The van der Waals surface area contributed by atoms with Gasteiger partial charge in [0.15, 0.2) is 5.03 Å². The molecule has 7 heteroatoms. The normalized spacial score (nSPS) is 12.3. The van der Waals surface area contributed by atoms with Gasteiger partial charge in [-0.1, -0.05) is 42.1 Å². The minimum atomic E-state index is -0.670. The Labute approximate surface area is 120 Å². The Kier molecular flexibility index (Phi) is 4.41. The van der Waals surface area contributed by atoms with Gasteiger partial charge in [-0.05, 0) is 12.5 Å². The fourth-order valence-corrected chi connectivity index (χ4v) is 3.02. The van der Waals surface area contributed by atoms with E-state index >= 15 is 0 Å². The van der Waals surface area contributed by atoms with E-state index in [1.54, 1.807) is 14.0 Å². The van der Waals surface area contributed by atoms with Gasteiger partial charge in [0.25, 0.3) is 0 Å². The number of aryl methyl sites for hydroxylation is 2. The minimum Gasteiger partial charge on any atom is -0.388 e. The van der Waals surface area contributed by atoms with Gasteiger partial charge < -0.3 is 5.11 Å². The molecule has 6 nitrogen and oxygen atoms in total. The first kappa shape index (κ1) is 14.5. The number of aliphatic hydroxyl groups excluding tert-OH is 1. The summed E-state index contributed by atoms with van der Waals surface area (Å²) in [5, 5.41) is 25.7. The third-order valence-corrected chi connectivity index (χ3v) is 4.10. The number of nitro groups is 1. The SMILES string of the molecule is Cc1nn(C)c(SC[C@@H](O)c2ccccc2)c1[N+](=O)[O-]. The van der Waals surface area contributed by atoms with Crippen molar-refractivity contribution in [3.8, 4) is 0 Å². The minimum absolute atomic E-state index is 0.0118. The zero-order valence-corrected chi connectivity index (χ0v) is 12.0. The van der Waals surface area contributed by atoms with Gasteiger partial charge in [0.05, 0.1) is 11.0 Å². The molecule has 1 atom stereocenters. The van der Waals surface area contributed by atoms with Crippen molar-refractivity contribution in [2.45, 2.75) is 18.1 Å². The van der Waals surface area contributed by atoms with Gasteiger partial charge in [-0.2, -0.15) is 5.10 Å². The summed E-state index contributed by atoms with van der Waals surface area (Å²) in [7, 11) is 1.66. The van der Waals surface area contributed by atoms with Crippen LogP contribution in [0.5, 0.6) is 0 Å². The number of hydrogen-bond donors (Lipinski definition) is 1. The van der Waals surface area contributed by atoms with Gasteiger partial charge in [0.2, 0.25) is 0 Å². The van der Waals surface area contributed by atoms with Crippen LogP contribution in [0.4, 0.5) is 5.69 Å². The smallest absolute Gasteiger partial charge is 0.323 e. The molecule has 0 spiro atoms. The fraction of sp³-hybridized carbons (Fsp3) is 0.308. The highest BCUT2D eigenvalue weighted by Gasteiger charge is 2.25. The second kappa shape index (κ2) is 6.06. The van der Waals surface area contributed by atoms with Crippen LogP contribution in [-0.4, -0.2) is 25.6 Å². The molecule has 0 fully saturated rings. The Morgan fingerprint density at radius 1 is 1.45 bits per heavy atom. The van der Waals surface area contributed by atoms with E-state index in [-0.39, 0.29) is 5.69 Å². The summed E-state index contributed by atoms with van der Waals surface area (Å²) in [5.41, 5.74) is 1.19. The van der Waals surface area contributed by atoms with Crippen molar-refractivity contribution in [2.75, 3.05) is 5.75 Å². The van der Waals surface area contributed by atoms with Crippen LogP contribution in [0.15, 0.2) is 35.4 Å². The Hall–Kier alpha value is -1.86. The second-order valence-electron chi connectivity index (χ2n) is 4.36. The first-order valence-corrected chi connectivity index (χ1v) is 7.03. The Morgan fingerprint density at radius 2 is 2.10 bits per heavy atom. The topological polar surface area (TPSA) is 81.2 Å². The molecule has 0 radical (unpaired) electrons. The maximum atomic E-state index is 11.0. The standard InChI is InChI=1S/C13H15N3O3S/c1-9-12(16(18)19)13(15(2)14-9)20-8-11(17)10-6-4-3-5-7-10/h3-7,11,17H,8H2,1-2H3/t11-/m1/s1. The maximum Gasteiger partial charge on any atom is 0.323 e. The summed E-state index contributed by atoms with van der Waals surface area (Å²) >= 11 is 1.23. The highest BCUT2D eigenvalue weighted by molar-refractivity contribution is 7.99. The third-order valence-electron chi connectivity index (χ3n) is 2.88. The molecule has 0 aliphatic carbocycles. The lowest BCUT2D eigenvalue weighted by Crippen LogP contribution is -2.02. The summed E-state index contributed by atoms with van der Waals surface area (Å²) in [6, 6.07) is 9.22. The summed E-state index contributed by atoms with van der Waals surface area (Å²) in [5.74, 6) is 0.337. The number of benzene rings is 1. The van der Waals surface area contributed by atoms with E-state index in [1.807, 2.05) is 30.3 Å². The van der Waals surface area contributed by atoms with Crippen molar-refractivity contribution in [3.05, 3.63) is 51.7 Å². The van der Waals surface area contributed by atoms with Crippen molar-refractivity contribution >= 4 is 17.4 Å². The molecular weight excluding hydrogens is 278 g/mol. The van der Waals surface area contributed by atoms with E-state index in [0.717, 1.165) is 5.56 Å². The maximum absolute atomic E-state index is 11.0. The van der Waals surface area contributed by atoms with Crippen LogP contribution in [-0.2, 0) is 7.05 Å². The van der Waals surface area contributed by atoms with Crippen LogP contribution in [0.1, 0.15) is 17.4 Å². The van der Waals surface area contributed by atoms with Crippen molar-refractivity contribution in [3.63, 3.8) is 0 Å². The highest BCUT2D eigenvalue weighted by Crippen LogP contribution is 2.33. The molecule has 0 aliphatic rings. The van der Waals surface area contributed by atoms with Crippen molar-refractivity contribution < 1.29 is 10.0 Å². The number of aliphatic hydroxyl groups is 1. The monoisotopic (exact) mass is 293 g/mol. The molecule has 0 saturated carbocycles. The predicted molar refractivity (Wildman–Crippen MR) is 76.7 cm³/mol. The Morgan fingerprint density at radius 3 is 2.70 bits per heavy atom. The molecule has 1 N–H and O–H groups in total. The van der Waals surface area contributed by atoms with Crippen molar-refractivity contribution in [2.24, 2.45) is 7.05 Å². The molecule has 20 heavy (non-hydrogen) atoms. The lowest BCUT2D eigenvalue weighted by atomic mass is 10.1. The molecule has 0 bridgehead atoms. The summed E-state index contributed by atoms with van der Waals surface area (Å²) in [4.78, 5) is 10.6. The van der Waals surface area contributed by atoms with E-state index < -0.39 is 11.0 Å². The lowest BCUT2D eigenvalue weighted by Gasteiger charge is -2.10. The fourth-order valence-electron chi connectivity index (χ4n) is 1.93. The number of nitrogens with zero attached hydrogens (tertiary/aromatic N) is 3. The quantitative estimate of drug-likeness (QED) is 0.520. The zero-order chi connectivity index (χ0) is 14.7. The van der Waals surface area contributed by atoms with Crippen molar-refractivity contribution in [1.29, 1.82) is 0 Å². The molecule has 106 valence electrons. The highest BCUT2D eigenvalue weighted by atomic mass is 32.2. The number of hydrogen-bond acceptors (Lipinski definition) is 5. The number of thioether (sulfide) groups is 1. The number of rotatable bonds is 5. The van der Waals surface area contributed by atoms with E-state index in [0.29, 0.717) is 16.5 Å². The van der Waals surface area contributed by atoms with E-state index in [1.165, 1.54) is 16.4 Å². The zero-order valence-electron chi connectivity index (χ0n) is 11.2. The molecule has 2 rings (SSSR count). The average Bonchev–Trinajstić information content (AvgIpc) is 2.71. The molecule has 1 aromatic carbocycles. The van der Waals surface area contributed by atoms with Crippen molar-refractivity contribution in [1.82, 2.24) is 9.78 Å². The summed E-state index contributed by atoms with van der Waals surface area (Å²) in [6.45, 7) is 1.61. The van der Waals surface area contributed by atoms with Crippen LogP contribution in [0.25, 0.3) is 0 Å². The largest absolute Gasteiger partial charge is 0.388 e. The van der Waals surface area contributed by atoms with Gasteiger partial charge in [0, 0.05) is 12.8 Å². The first-order chi connectivity index (χ1) is 9.50. The van der Waals surface area contributed by atoms with Crippen LogP contribution in [0.2, 0.25) is 0 Å². The van der Waals surface area contributed by atoms with E-state index in [4.69, 9.17) is 0 Å². The van der Waals surface area contributed by atoms with E-state index in [9.17, 15) is 15.2 Å². The third kappa shape index (κ3) is 3.00. The Bertz CT molecular complexity index is 613. The summed E-state index contributed by atoms with van der Waals surface area (Å²) < 4.78 is 1.48. The second-order valence-corrected chi connectivity index (χ2v) is 5.37. The molecule has 1 aromatic heterocycles. The molecule has 0 saturated heterocycles. The average molecular weight is 293 g/mol. The van der Waals surface area contributed by atoms with Gasteiger partial charge in [0.1, 0.15) is 5.69 Å². The Balaban J connectivity index is 2.14. The molecule has 0 unspecified atom stereocenters. The summed E-state index contributed by atoms with van der Waals surface area (Å²) in [6.07, 6.45) is -0.670. The molecule has 2 aromatic rings. The van der Waals surface area contributed by atoms with Gasteiger partial charge in [-0.3, -0.25) is 14.8 Å². The first-order valence-electron chi connectivity index (χ1n) is 6.04. The molecule has 0 amide bonds. The van der Waals surface area contributed by atoms with Gasteiger partial charge in [-0.15, -0.1) is 0 Å². The predicted octanol–water partition coefficient (Wildman–Crippen LogP) is 2.46. The molecule has 0 aliphatic heterocycles. The van der Waals surface area contributed by atoms with Gasteiger partial charge in [-0.25, -0.2) is 0 Å². The van der Waals surface area contributed by atoms with Crippen LogP contribution in [0, 0.1) is 17.0 Å². The molecule has 1 heterocycles. The number of aromatic nitrogens is 2. The van der Waals surface area contributed by atoms with E-state index in [2.05, 4.69) is 5.10 Å².